The van der Waals surface area contributed by atoms with Crippen molar-refractivity contribution in [2.24, 2.45) is 23.7 Å². The lowest BCUT2D eigenvalue weighted by molar-refractivity contribution is -0.331. The highest BCUT2D eigenvalue weighted by molar-refractivity contribution is 5.66. The van der Waals surface area contributed by atoms with Crippen molar-refractivity contribution < 1.29 is 33.6 Å². The molecule has 10 atom stereocenters. The van der Waals surface area contributed by atoms with Crippen LogP contribution in [0.5, 0.6) is 0 Å². The van der Waals surface area contributed by atoms with Crippen LogP contribution >= 0.6 is 0 Å². The fraction of sp³-hybridized carbons (Fsp3) is 0.731. The summed E-state index contributed by atoms with van der Waals surface area (Å²) in [7, 11) is 0. The molecule has 2 saturated heterocycles. The molecule has 0 amide bonds. The SMILES string of the molecule is CCC1O[C@@H](O)C(C)[C@@H](C)[C@@H]1O[C@@H]1OC(COCc2ccccc2)[C@H](C)[C@H](C)C1OC(C)=O. The average Bonchev–Trinajstić information content (AvgIpc) is 2.80. The third-order valence-corrected chi connectivity index (χ3v) is 7.38. The first kappa shape index (κ1) is 26.1. The lowest BCUT2D eigenvalue weighted by Gasteiger charge is -2.48. The molecule has 2 aliphatic rings. The molecule has 2 aliphatic heterocycles. The molecular formula is C26H40O7. The quantitative estimate of drug-likeness (QED) is 0.584. The van der Waals surface area contributed by atoms with E-state index in [1.165, 1.54) is 6.92 Å². The topological polar surface area (TPSA) is 83.5 Å². The molecule has 7 heteroatoms. The second-order valence-electron chi connectivity index (χ2n) is 9.63. The van der Waals surface area contributed by atoms with Gasteiger partial charge in [-0.15, -0.1) is 0 Å². The van der Waals surface area contributed by atoms with E-state index in [1.807, 2.05) is 44.2 Å². The first-order valence-corrected chi connectivity index (χ1v) is 12.2. The summed E-state index contributed by atoms with van der Waals surface area (Å²) < 4.78 is 30.4. The third kappa shape index (κ3) is 6.34. The Morgan fingerprint density at radius 3 is 2.24 bits per heavy atom. The first-order valence-electron chi connectivity index (χ1n) is 12.2. The molecule has 186 valence electrons. The molecule has 2 fully saturated rings. The van der Waals surface area contributed by atoms with Gasteiger partial charge in [-0.1, -0.05) is 65.0 Å². The number of aliphatic hydroxyl groups excluding tert-OH is 1. The van der Waals surface area contributed by atoms with Crippen LogP contribution in [0.2, 0.25) is 0 Å². The van der Waals surface area contributed by atoms with E-state index in [9.17, 15) is 9.90 Å². The number of hydrogen-bond donors (Lipinski definition) is 1. The van der Waals surface area contributed by atoms with Gasteiger partial charge in [0.1, 0.15) is 0 Å². The zero-order chi connectivity index (χ0) is 24.1. The van der Waals surface area contributed by atoms with Crippen molar-refractivity contribution in [1.29, 1.82) is 0 Å². The zero-order valence-electron chi connectivity index (χ0n) is 20.7. The van der Waals surface area contributed by atoms with Gasteiger partial charge < -0.3 is 28.8 Å². The van der Waals surface area contributed by atoms with Gasteiger partial charge in [-0.2, -0.15) is 0 Å². The monoisotopic (exact) mass is 464 g/mol. The maximum absolute atomic E-state index is 11.9. The second-order valence-corrected chi connectivity index (χ2v) is 9.63. The molecule has 1 N–H and O–H groups in total. The number of carbonyl (C=O) groups excluding carboxylic acids is 1. The summed E-state index contributed by atoms with van der Waals surface area (Å²) in [4.78, 5) is 11.9. The van der Waals surface area contributed by atoms with Crippen molar-refractivity contribution in [2.75, 3.05) is 6.61 Å². The molecule has 1 aromatic rings. The van der Waals surface area contributed by atoms with Gasteiger partial charge in [0.2, 0.25) is 0 Å². The van der Waals surface area contributed by atoms with E-state index in [2.05, 4.69) is 20.8 Å². The number of aliphatic hydroxyl groups is 1. The third-order valence-electron chi connectivity index (χ3n) is 7.38. The smallest absolute Gasteiger partial charge is 0.303 e. The minimum Gasteiger partial charge on any atom is -0.457 e. The van der Waals surface area contributed by atoms with Crippen molar-refractivity contribution in [3.8, 4) is 0 Å². The Morgan fingerprint density at radius 1 is 0.939 bits per heavy atom. The van der Waals surface area contributed by atoms with Crippen LogP contribution < -0.4 is 0 Å². The van der Waals surface area contributed by atoms with Crippen LogP contribution in [0.3, 0.4) is 0 Å². The van der Waals surface area contributed by atoms with Crippen LogP contribution in [0, 0.1) is 23.7 Å². The maximum Gasteiger partial charge on any atom is 0.303 e. The predicted molar refractivity (Wildman–Crippen MR) is 123 cm³/mol. The number of esters is 1. The van der Waals surface area contributed by atoms with Crippen LogP contribution in [0.25, 0.3) is 0 Å². The largest absolute Gasteiger partial charge is 0.457 e. The standard InChI is InChI=1S/C26H40O7/c1-7-21-23(17(4)18(5)25(28)31-21)33-26-24(30-19(6)27)16(3)15(2)22(32-26)14-29-13-20-11-9-8-10-12-20/h8-12,15-18,21-26,28H,7,13-14H2,1-6H3/t15-,16+,17-,18?,21?,22?,23+,24?,25-,26+/m1/s1. The highest BCUT2D eigenvalue weighted by Gasteiger charge is 2.48. The molecule has 3 rings (SSSR count). The number of ether oxygens (including phenoxy) is 5. The van der Waals surface area contributed by atoms with Crippen molar-refractivity contribution >= 4 is 5.97 Å². The van der Waals surface area contributed by atoms with Gasteiger partial charge in [0.15, 0.2) is 18.7 Å². The van der Waals surface area contributed by atoms with Gasteiger partial charge in [-0.3, -0.25) is 4.79 Å². The fourth-order valence-corrected chi connectivity index (χ4v) is 4.75. The normalized spacial score (nSPS) is 39.2. The number of rotatable bonds is 8. The molecule has 7 nitrogen and oxygen atoms in total. The molecule has 0 spiro atoms. The Morgan fingerprint density at radius 2 is 1.61 bits per heavy atom. The highest BCUT2D eigenvalue weighted by Crippen LogP contribution is 2.38. The minimum absolute atomic E-state index is 0.0147. The molecule has 0 saturated carbocycles. The molecule has 0 aliphatic carbocycles. The lowest BCUT2D eigenvalue weighted by atomic mass is 9.82. The lowest BCUT2D eigenvalue weighted by Crippen LogP contribution is -2.57. The Labute approximate surface area is 197 Å². The Balaban J connectivity index is 1.73. The van der Waals surface area contributed by atoms with Crippen LogP contribution in [0.4, 0.5) is 0 Å². The van der Waals surface area contributed by atoms with Crippen molar-refractivity contribution in [2.45, 2.75) is 91.6 Å². The highest BCUT2D eigenvalue weighted by atomic mass is 16.7. The first-order chi connectivity index (χ1) is 15.7. The van der Waals surface area contributed by atoms with Gasteiger partial charge >= 0.3 is 5.97 Å². The summed E-state index contributed by atoms with van der Waals surface area (Å²) in [5.74, 6) is -0.287. The van der Waals surface area contributed by atoms with Gasteiger partial charge in [0.05, 0.1) is 31.5 Å². The van der Waals surface area contributed by atoms with Crippen molar-refractivity contribution in [1.82, 2.24) is 0 Å². The van der Waals surface area contributed by atoms with Gasteiger partial charge in [-0.05, 0) is 23.8 Å². The molecule has 33 heavy (non-hydrogen) atoms. The summed E-state index contributed by atoms with van der Waals surface area (Å²) in [6.07, 6.45) is -2.16. The summed E-state index contributed by atoms with van der Waals surface area (Å²) in [6, 6.07) is 10.0. The molecule has 0 aromatic heterocycles. The summed E-state index contributed by atoms with van der Waals surface area (Å²) in [5.41, 5.74) is 1.10. The van der Waals surface area contributed by atoms with E-state index in [4.69, 9.17) is 23.7 Å². The summed E-state index contributed by atoms with van der Waals surface area (Å²) in [6.45, 7) is 12.5. The van der Waals surface area contributed by atoms with Crippen LogP contribution in [-0.4, -0.2) is 54.7 Å². The molecule has 2 heterocycles. The number of carbonyl (C=O) groups is 1. The molecule has 1 aromatic carbocycles. The van der Waals surface area contributed by atoms with Crippen molar-refractivity contribution in [3.05, 3.63) is 35.9 Å². The molecule has 0 radical (unpaired) electrons. The average molecular weight is 465 g/mol. The number of hydrogen-bond acceptors (Lipinski definition) is 7. The van der Waals surface area contributed by atoms with E-state index < -0.39 is 18.7 Å². The zero-order valence-corrected chi connectivity index (χ0v) is 20.7. The van der Waals surface area contributed by atoms with Crippen LogP contribution in [-0.2, 0) is 35.1 Å². The van der Waals surface area contributed by atoms with E-state index in [1.54, 1.807) is 0 Å². The van der Waals surface area contributed by atoms with Gasteiger partial charge in [0.25, 0.3) is 0 Å². The fourth-order valence-electron chi connectivity index (χ4n) is 4.75. The van der Waals surface area contributed by atoms with E-state index in [0.29, 0.717) is 19.6 Å². The predicted octanol–water partition coefficient (Wildman–Crippen LogP) is 3.92. The second kappa shape index (κ2) is 11.8. The van der Waals surface area contributed by atoms with E-state index >= 15 is 0 Å². The van der Waals surface area contributed by atoms with E-state index in [-0.39, 0.29) is 48.0 Å². The van der Waals surface area contributed by atoms with Crippen molar-refractivity contribution in [3.63, 3.8) is 0 Å². The van der Waals surface area contributed by atoms with Gasteiger partial charge in [0, 0.05) is 18.8 Å². The molecule has 0 bridgehead atoms. The van der Waals surface area contributed by atoms with E-state index in [0.717, 1.165) is 5.56 Å². The Bertz CT molecular complexity index is 739. The number of benzene rings is 1. The maximum atomic E-state index is 11.9. The summed E-state index contributed by atoms with van der Waals surface area (Å²) in [5, 5.41) is 10.3. The molecule has 4 unspecified atom stereocenters. The Kier molecular flexibility index (Phi) is 9.30. The minimum atomic E-state index is -0.820. The van der Waals surface area contributed by atoms with Crippen LogP contribution in [0.15, 0.2) is 30.3 Å². The molecular weight excluding hydrogens is 424 g/mol. The Hall–Kier alpha value is -1.51. The van der Waals surface area contributed by atoms with Crippen LogP contribution in [0.1, 0.15) is 53.5 Å². The summed E-state index contributed by atoms with van der Waals surface area (Å²) >= 11 is 0. The van der Waals surface area contributed by atoms with Gasteiger partial charge in [-0.25, -0.2) is 0 Å².